The molecule has 0 heterocycles. The summed E-state index contributed by atoms with van der Waals surface area (Å²) in [6.45, 7) is 5.21. The van der Waals surface area contributed by atoms with Crippen molar-refractivity contribution in [2.45, 2.75) is 19.4 Å². The van der Waals surface area contributed by atoms with E-state index in [0.29, 0.717) is 26.4 Å². The van der Waals surface area contributed by atoms with Gasteiger partial charge in [0.2, 0.25) is 0 Å². The van der Waals surface area contributed by atoms with Gasteiger partial charge in [0.15, 0.2) is 0 Å². The van der Waals surface area contributed by atoms with Gasteiger partial charge in [-0.2, -0.15) is 0 Å². The van der Waals surface area contributed by atoms with E-state index in [1.54, 1.807) is 7.11 Å². The molecular weight excluding hydrogens is 242 g/mol. The van der Waals surface area contributed by atoms with E-state index < -0.39 is 0 Å². The second-order valence-corrected chi connectivity index (χ2v) is 4.50. The molecule has 19 heavy (non-hydrogen) atoms. The Kier molecular flexibility index (Phi) is 8.41. The number of rotatable bonds is 10. The molecule has 4 heteroatoms. The van der Waals surface area contributed by atoms with Gasteiger partial charge in [0.1, 0.15) is 0 Å². The number of hydrogen-bond donors (Lipinski definition) is 1. The van der Waals surface area contributed by atoms with Crippen LogP contribution in [0.1, 0.15) is 23.6 Å². The molecule has 1 atom stereocenters. The van der Waals surface area contributed by atoms with Crippen LogP contribution in [0.25, 0.3) is 0 Å². The lowest BCUT2D eigenvalue weighted by atomic mass is 10.0. The van der Waals surface area contributed by atoms with Crippen molar-refractivity contribution in [3.63, 3.8) is 0 Å². The van der Waals surface area contributed by atoms with Gasteiger partial charge in [-0.3, -0.25) is 0 Å². The highest BCUT2D eigenvalue weighted by molar-refractivity contribution is 5.28. The summed E-state index contributed by atoms with van der Waals surface area (Å²) in [6.07, 6.45) is 0.916. The van der Waals surface area contributed by atoms with Crippen molar-refractivity contribution in [1.29, 1.82) is 0 Å². The van der Waals surface area contributed by atoms with Crippen molar-refractivity contribution in [1.82, 2.24) is 0 Å². The fourth-order valence-corrected chi connectivity index (χ4v) is 1.83. The minimum atomic E-state index is -0.0744. The van der Waals surface area contributed by atoms with Gasteiger partial charge in [0.25, 0.3) is 0 Å². The van der Waals surface area contributed by atoms with Crippen molar-refractivity contribution >= 4 is 0 Å². The SMILES string of the molecule is COCCCOCCOCC(N)c1ccccc1C. The topological polar surface area (TPSA) is 53.7 Å². The summed E-state index contributed by atoms with van der Waals surface area (Å²) in [4.78, 5) is 0. The summed E-state index contributed by atoms with van der Waals surface area (Å²) in [6, 6.07) is 8.05. The molecule has 2 N–H and O–H groups in total. The summed E-state index contributed by atoms with van der Waals surface area (Å²) >= 11 is 0. The van der Waals surface area contributed by atoms with E-state index in [1.165, 1.54) is 5.56 Å². The average Bonchev–Trinajstić information content (AvgIpc) is 2.42. The standard InChI is InChI=1S/C15H25NO3/c1-13-6-3-4-7-14(13)15(16)12-19-11-10-18-9-5-8-17-2/h3-4,6-7,15H,5,8-12,16H2,1-2H3. The second-order valence-electron chi connectivity index (χ2n) is 4.50. The summed E-state index contributed by atoms with van der Waals surface area (Å²) < 4.78 is 15.9. The van der Waals surface area contributed by atoms with Gasteiger partial charge >= 0.3 is 0 Å². The minimum Gasteiger partial charge on any atom is -0.385 e. The van der Waals surface area contributed by atoms with Crippen LogP contribution in [0, 0.1) is 6.92 Å². The molecule has 1 aromatic rings. The molecule has 0 amide bonds. The Morgan fingerprint density at radius 2 is 1.79 bits per heavy atom. The zero-order valence-corrected chi connectivity index (χ0v) is 11.9. The van der Waals surface area contributed by atoms with Crippen molar-refractivity contribution in [2.75, 3.05) is 40.1 Å². The summed E-state index contributed by atoms with van der Waals surface area (Å²) in [5.41, 5.74) is 8.44. The highest BCUT2D eigenvalue weighted by atomic mass is 16.5. The molecule has 0 radical (unpaired) electrons. The Balaban J connectivity index is 2.08. The normalized spacial score (nSPS) is 12.6. The first-order valence-electron chi connectivity index (χ1n) is 6.71. The number of methoxy groups -OCH3 is 1. The maximum atomic E-state index is 6.09. The van der Waals surface area contributed by atoms with Crippen LogP contribution in [0.3, 0.4) is 0 Å². The quantitative estimate of drug-likeness (QED) is 0.659. The van der Waals surface area contributed by atoms with Crippen LogP contribution in [-0.2, 0) is 14.2 Å². The third-order valence-corrected chi connectivity index (χ3v) is 2.89. The van der Waals surface area contributed by atoms with Crippen LogP contribution >= 0.6 is 0 Å². The molecule has 0 aliphatic heterocycles. The number of benzene rings is 1. The van der Waals surface area contributed by atoms with Crippen molar-refractivity contribution in [3.8, 4) is 0 Å². The Bertz CT molecular complexity index is 344. The molecule has 0 saturated heterocycles. The summed E-state index contributed by atoms with van der Waals surface area (Å²) in [5, 5.41) is 0. The van der Waals surface area contributed by atoms with Gasteiger partial charge in [-0.1, -0.05) is 24.3 Å². The van der Waals surface area contributed by atoms with Crippen molar-refractivity contribution in [3.05, 3.63) is 35.4 Å². The highest BCUT2D eigenvalue weighted by Crippen LogP contribution is 2.15. The number of hydrogen-bond acceptors (Lipinski definition) is 4. The van der Waals surface area contributed by atoms with Gasteiger partial charge < -0.3 is 19.9 Å². The molecule has 108 valence electrons. The zero-order valence-electron chi connectivity index (χ0n) is 11.9. The largest absolute Gasteiger partial charge is 0.385 e. The van der Waals surface area contributed by atoms with E-state index in [0.717, 1.165) is 18.6 Å². The minimum absolute atomic E-state index is 0.0744. The molecule has 0 aliphatic rings. The lowest BCUT2D eigenvalue weighted by Gasteiger charge is -2.15. The third kappa shape index (κ3) is 6.68. The first kappa shape index (κ1) is 16.1. The van der Waals surface area contributed by atoms with E-state index >= 15 is 0 Å². The van der Waals surface area contributed by atoms with E-state index in [4.69, 9.17) is 19.9 Å². The molecule has 0 bridgehead atoms. The van der Waals surface area contributed by atoms with Gasteiger partial charge in [-0.05, 0) is 24.5 Å². The van der Waals surface area contributed by atoms with E-state index in [2.05, 4.69) is 13.0 Å². The summed E-state index contributed by atoms with van der Waals surface area (Å²) in [7, 11) is 1.69. The average molecular weight is 267 g/mol. The number of ether oxygens (including phenoxy) is 3. The van der Waals surface area contributed by atoms with Crippen LogP contribution in [-0.4, -0.2) is 40.1 Å². The first-order valence-corrected chi connectivity index (χ1v) is 6.71. The molecule has 0 spiro atoms. The molecule has 0 aromatic heterocycles. The van der Waals surface area contributed by atoms with Gasteiger partial charge in [0, 0.05) is 20.3 Å². The Hall–Kier alpha value is -0.940. The first-order chi connectivity index (χ1) is 9.25. The lowest BCUT2D eigenvalue weighted by molar-refractivity contribution is 0.0355. The predicted molar refractivity (Wildman–Crippen MR) is 76.2 cm³/mol. The number of aryl methyl sites for hydroxylation is 1. The predicted octanol–water partition coefficient (Wildman–Crippen LogP) is 2.06. The molecule has 0 fully saturated rings. The van der Waals surface area contributed by atoms with Crippen LogP contribution in [0.4, 0.5) is 0 Å². The van der Waals surface area contributed by atoms with Gasteiger partial charge in [0.05, 0.1) is 25.9 Å². The smallest absolute Gasteiger partial charge is 0.0701 e. The Labute approximate surface area is 115 Å². The van der Waals surface area contributed by atoms with Gasteiger partial charge in [-0.15, -0.1) is 0 Å². The molecule has 1 unspecified atom stereocenters. The van der Waals surface area contributed by atoms with Gasteiger partial charge in [-0.25, -0.2) is 0 Å². The molecule has 1 rings (SSSR count). The monoisotopic (exact) mass is 267 g/mol. The fourth-order valence-electron chi connectivity index (χ4n) is 1.83. The molecular formula is C15H25NO3. The van der Waals surface area contributed by atoms with E-state index in [9.17, 15) is 0 Å². The van der Waals surface area contributed by atoms with Crippen LogP contribution in [0.2, 0.25) is 0 Å². The zero-order chi connectivity index (χ0) is 13.9. The Morgan fingerprint density at radius 1 is 1.05 bits per heavy atom. The highest BCUT2D eigenvalue weighted by Gasteiger charge is 2.07. The molecule has 1 aromatic carbocycles. The van der Waals surface area contributed by atoms with E-state index in [1.807, 2.05) is 18.2 Å². The maximum Gasteiger partial charge on any atom is 0.0701 e. The van der Waals surface area contributed by atoms with Crippen molar-refractivity contribution < 1.29 is 14.2 Å². The second kappa shape index (κ2) is 9.92. The number of nitrogens with two attached hydrogens (primary N) is 1. The molecule has 4 nitrogen and oxygen atoms in total. The summed E-state index contributed by atoms with van der Waals surface area (Å²) in [5.74, 6) is 0. The fraction of sp³-hybridized carbons (Fsp3) is 0.600. The third-order valence-electron chi connectivity index (χ3n) is 2.89. The van der Waals surface area contributed by atoms with Crippen LogP contribution in [0.5, 0.6) is 0 Å². The van der Waals surface area contributed by atoms with Crippen LogP contribution < -0.4 is 5.73 Å². The van der Waals surface area contributed by atoms with E-state index in [-0.39, 0.29) is 6.04 Å². The molecule has 0 aliphatic carbocycles. The maximum absolute atomic E-state index is 6.09. The Morgan fingerprint density at radius 3 is 2.53 bits per heavy atom. The van der Waals surface area contributed by atoms with Crippen LogP contribution in [0.15, 0.2) is 24.3 Å². The lowest BCUT2D eigenvalue weighted by Crippen LogP contribution is -2.19. The van der Waals surface area contributed by atoms with Crippen molar-refractivity contribution in [2.24, 2.45) is 5.73 Å². The molecule has 0 saturated carbocycles.